The third kappa shape index (κ3) is 18.5. The van der Waals surface area contributed by atoms with E-state index < -0.39 is 7.60 Å². The highest BCUT2D eigenvalue weighted by atomic mass is 31.2. The van der Waals surface area contributed by atoms with Gasteiger partial charge in [-0.15, -0.1) is 0 Å². The predicted molar refractivity (Wildman–Crippen MR) is 106 cm³/mol. The Morgan fingerprint density at radius 2 is 1.00 bits per heavy atom. The number of hydrogen-bond donors (Lipinski definition) is 1. The van der Waals surface area contributed by atoms with E-state index in [1.54, 1.807) is 0 Å². The molecule has 0 aliphatic rings. The second kappa shape index (κ2) is 18.0. The van der Waals surface area contributed by atoms with Gasteiger partial charge >= 0.3 is 7.60 Å². The Kier molecular flexibility index (Phi) is 18.1. The zero-order valence-corrected chi connectivity index (χ0v) is 17.3. The van der Waals surface area contributed by atoms with E-state index >= 15 is 0 Å². The Morgan fingerprint density at radius 3 is 1.42 bits per heavy atom. The van der Waals surface area contributed by atoms with Crippen LogP contribution in [0.1, 0.15) is 117 Å². The van der Waals surface area contributed by atoms with Gasteiger partial charge < -0.3 is 9.42 Å². The molecule has 0 rings (SSSR count). The molecule has 1 atom stereocenters. The molecule has 1 unspecified atom stereocenters. The van der Waals surface area contributed by atoms with Crippen molar-refractivity contribution in [3.05, 3.63) is 0 Å². The summed E-state index contributed by atoms with van der Waals surface area (Å²) in [4.78, 5) is 9.67. The Balaban J connectivity index is 3.21. The topological polar surface area (TPSA) is 46.5 Å². The van der Waals surface area contributed by atoms with Crippen LogP contribution in [0.3, 0.4) is 0 Å². The average Bonchev–Trinajstić information content (AvgIpc) is 2.55. The maximum atomic E-state index is 11.7. The lowest BCUT2D eigenvalue weighted by molar-refractivity contribution is 0.254. The van der Waals surface area contributed by atoms with Gasteiger partial charge in [0.25, 0.3) is 0 Å². The molecule has 0 spiro atoms. The fourth-order valence-corrected chi connectivity index (χ4v) is 4.09. The van der Waals surface area contributed by atoms with E-state index in [9.17, 15) is 9.46 Å². The van der Waals surface area contributed by atoms with Crippen molar-refractivity contribution in [1.82, 2.24) is 0 Å². The normalized spacial score (nSPS) is 14.0. The molecule has 0 aliphatic carbocycles. The summed E-state index contributed by atoms with van der Waals surface area (Å²) in [5.74, 6) is 0. The Bertz CT molecular complexity index is 295. The highest BCUT2D eigenvalue weighted by Gasteiger charge is 2.17. The molecule has 0 saturated carbocycles. The summed E-state index contributed by atoms with van der Waals surface area (Å²) in [7, 11) is -3.31. The molecule has 24 heavy (non-hydrogen) atoms. The van der Waals surface area contributed by atoms with Crippen LogP contribution in [-0.2, 0) is 9.09 Å². The summed E-state index contributed by atoms with van der Waals surface area (Å²) < 4.78 is 16.8. The summed E-state index contributed by atoms with van der Waals surface area (Å²) in [6.45, 7) is 4.74. The van der Waals surface area contributed by atoms with Crippen molar-refractivity contribution in [2.75, 3.05) is 12.8 Å². The Morgan fingerprint density at radius 1 is 0.625 bits per heavy atom. The van der Waals surface area contributed by atoms with Crippen LogP contribution in [0, 0.1) is 0 Å². The predicted octanol–water partition coefficient (Wildman–Crippen LogP) is 7.47. The molecule has 146 valence electrons. The molecule has 0 saturated heterocycles. The lowest BCUT2D eigenvalue weighted by Crippen LogP contribution is -1.97. The van der Waals surface area contributed by atoms with Crippen molar-refractivity contribution < 1.29 is 14.0 Å². The molecule has 0 aliphatic heterocycles. The van der Waals surface area contributed by atoms with Gasteiger partial charge in [-0.1, -0.05) is 104 Å². The van der Waals surface area contributed by atoms with E-state index in [0.29, 0.717) is 12.8 Å². The van der Waals surface area contributed by atoms with E-state index in [4.69, 9.17) is 4.52 Å². The molecule has 3 nitrogen and oxygen atoms in total. The van der Waals surface area contributed by atoms with Gasteiger partial charge in [0.05, 0.1) is 6.61 Å². The SMILES string of the molecule is CCCCCCCCCCCCCCCCP(=O)(O)OCCCC. The highest BCUT2D eigenvalue weighted by Crippen LogP contribution is 2.43. The van der Waals surface area contributed by atoms with Gasteiger partial charge in [-0.25, -0.2) is 0 Å². The lowest BCUT2D eigenvalue weighted by Gasteiger charge is -2.11. The number of unbranched alkanes of at least 4 members (excludes halogenated alkanes) is 14. The summed E-state index contributed by atoms with van der Waals surface area (Å²) in [5, 5.41) is 0. The van der Waals surface area contributed by atoms with E-state index in [0.717, 1.165) is 25.7 Å². The van der Waals surface area contributed by atoms with Crippen molar-refractivity contribution in [2.24, 2.45) is 0 Å². The molecule has 0 amide bonds. The fraction of sp³-hybridized carbons (Fsp3) is 1.00. The molecule has 0 aromatic heterocycles. The molecule has 0 radical (unpaired) electrons. The molecular weight excluding hydrogens is 319 g/mol. The van der Waals surface area contributed by atoms with Gasteiger partial charge in [0.2, 0.25) is 0 Å². The zero-order chi connectivity index (χ0) is 17.9. The van der Waals surface area contributed by atoms with Crippen LogP contribution in [0.15, 0.2) is 0 Å². The monoisotopic (exact) mass is 362 g/mol. The first-order valence-electron chi connectivity index (χ1n) is 10.6. The van der Waals surface area contributed by atoms with Crippen LogP contribution in [0.25, 0.3) is 0 Å². The van der Waals surface area contributed by atoms with E-state index in [1.807, 2.05) is 0 Å². The first-order chi connectivity index (χ1) is 11.6. The third-order valence-electron chi connectivity index (χ3n) is 4.59. The first kappa shape index (κ1) is 24.1. The van der Waals surface area contributed by atoms with Crippen molar-refractivity contribution >= 4 is 7.60 Å². The summed E-state index contributed by atoms with van der Waals surface area (Å²) in [6.07, 6.45) is 20.4. The second-order valence-electron chi connectivity index (χ2n) is 7.14. The second-order valence-corrected chi connectivity index (χ2v) is 9.12. The zero-order valence-electron chi connectivity index (χ0n) is 16.4. The van der Waals surface area contributed by atoms with Gasteiger partial charge in [-0.05, 0) is 12.8 Å². The van der Waals surface area contributed by atoms with Crippen molar-refractivity contribution in [3.8, 4) is 0 Å². The lowest BCUT2D eigenvalue weighted by atomic mass is 10.0. The molecule has 0 heterocycles. The Hall–Kier alpha value is 0.150. The minimum Gasteiger partial charge on any atom is -0.324 e. The van der Waals surface area contributed by atoms with Crippen LogP contribution < -0.4 is 0 Å². The minimum atomic E-state index is -3.31. The standard InChI is InChI=1S/C20H43O3P/c1-3-5-7-8-9-10-11-12-13-14-15-16-17-18-20-24(21,22)23-19-6-4-2/h3-20H2,1-2H3,(H,21,22). The van der Waals surface area contributed by atoms with Gasteiger partial charge in [-0.2, -0.15) is 0 Å². The van der Waals surface area contributed by atoms with Crippen molar-refractivity contribution in [2.45, 2.75) is 117 Å². The largest absolute Gasteiger partial charge is 0.328 e. The Labute approximate surface area is 151 Å². The smallest absolute Gasteiger partial charge is 0.324 e. The maximum absolute atomic E-state index is 11.7. The summed E-state index contributed by atoms with van der Waals surface area (Å²) >= 11 is 0. The molecule has 1 N–H and O–H groups in total. The first-order valence-corrected chi connectivity index (χ1v) is 12.3. The van der Waals surface area contributed by atoms with Crippen LogP contribution in [0.4, 0.5) is 0 Å². The quantitative estimate of drug-likeness (QED) is 0.191. The fourth-order valence-electron chi connectivity index (χ4n) is 2.92. The summed E-state index contributed by atoms with van der Waals surface area (Å²) in [6, 6.07) is 0. The van der Waals surface area contributed by atoms with Gasteiger partial charge in [-0.3, -0.25) is 4.57 Å². The van der Waals surface area contributed by atoms with Crippen LogP contribution in [-0.4, -0.2) is 17.7 Å². The van der Waals surface area contributed by atoms with Crippen LogP contribution >= 0.6 is 7.60 Å². The molecule has 0 fully saturated rings. The van der Waals surface area contributed by atoms with E-state index in [-0.39, 0.29) is 0 Å². The van der Waals surface area contributed by atoms with Crippen molar-refractivity contribution in [1.29, 1.82) is 0 Å². The van der Waals surface area contributed by atoms with Gasteiger partial charge in [0.15, 0.2) is 0 Å². The molecular formula is C20H43O3P. The minimum absolute atomic E-state index is 0.328. The number of hydrogen-bond acceptors (Lipinski definition) is 2. The highest BCUT2D eigenvalue weighted by molar-refractivity contribution is 7.52. The van der Waals surface area contributed by atoms with Gasteiger partial charge in [0, 0.05) is 6.16 Å². The summed E-state index contributed by atoms with van der Waals surface area (Å²) in [5.41, 5.74) is 0. The molecule has 0 aromatic rings. The molecule has 0 aromatic carbocycles. The molecule has 4 heteroatoms. The van der Waals surface area contributed by atoms with Crippen LogP contribution in [0.2, 0.25) is 0 Å². The maximum Gasteiger partial charge on any atom is 0.328 e. The third-order valence-corrected chi connectivity index (χ3v) is 6.05. The average molecular weight is 363 g/mol. The van der Waals surface area contributed by atoms with Crippen molar-refractivity contribution in [3.63, 3.8) is 0 Å². The van der Waals surface area contributed by atoms with E-state index in [1.165, 1.54) is 77.0 Å². The van der Waals surface area contributed by atoms with E-state index in [2.05, 4.69) is 13.8 Å². The molecule has 0 bridgehead atoms. The number of rotatable bonds is 19. The van der Waals surface area contributed by atoms with Crippen LogP contribution in [0.5, 0.6) is 0 Å². The van der Waals surface area contributed by atoms with Gasteiger partial charge in [0.1, 0.15) is 0 Å².